The molecule has 0 atom stereocenters. The number of rotatable bonds is 6. The Balaban J connectivity index is 2.80. The van der Waals surface area contributed by atoms with Crippen LogP contribution in [0, 0.1) is 0 Å². The van der Waals surface area contributed by atoms with E-state index in [1.165, 1.54) is 4.57 Å². The molecule has 18 heavy (non-hydrogen) atoms. The summed E-state index contributed by atoms with van der Waals surface area (Å²) in [6, 6.07) is 0. The summed E-state index contributed by atoms with van der Waals surface area (Å²) in [6.07, 6.45) is -1.48. The monoisotopic (exact) mass is 265 g/mol. The van der Waals surface area contributed by atoms with Crippen LogP contribution in [0.5, 0.6) is 0 Å². The Bertz CT molecular complexity index is 412. The van der Waals surface area contributed by atoms with Gasteiger partial charge in [-0.2, -0.15) is 13.2 Å². The molecular formula is C11H14F3NO3. The Hall–Kier alpha value is -1.50. The Morgan fingerprint density at radius 3 is 2.50 bits per heavy atom. The fourth-order valence-corrected chi connectivity index (χ4v) is 1.57. The SMILES string of the molecule is COCCCCn1cc(C(=O)O)c(C(F)(F)F)c1. The Labute approximate surface area is 102 Å². The van der Waals surface area contributed by atoms with Crippen LogP contribution in [0.15, 0.2) is 12.4 Å². The predicted molar refractivity (Wildman–Crippen MR) is 57.5 cm³/mol. The van der Waals surface area contributed by atoms with Gasteiger partial charge in [0.15, 0.2) is 0 Å². The number of ether oxygens (including phenoxy) is 1. The third-order valence-electron chi connectivity index (χ3n) is 2.43. The molecule has 1 aromatic rings. The number of hydrogen-bond donors (Lipinski definition) is 1. The van der Waals surface area contributed by atoms with E-state index >= 15 is 0 Å². The minimum atomic E-state index is -4.65. The fraction of sp³-hybridized carbons (Fsp3) is 0.545. The summed E-state index contributed by atoms with van der Waals surface area (Å²) in [4.78, 5) is 10.7. The highest BCUT2D eigenvalue weighted by Crippen LogP contribution is 2.32. The molecule has 4 nitrogen and oxygen atoms in total. The zero-order valence-corrected chi connectivity index (χ0v) is 9.83. The first-order chi connectivity index (χ1) is 8.36. The number of aromatic nitrogens is 1. The van der Waals surface area contributed by atoms with Gasteiger partial charge in [0.25, 0.3) is 0 Å². The molecule has 0 fully saturated rings. The Morgan fingerprint density at radius 1 is 1.39 bits per heavy atom. The van der Waals surface area contributed by atoms with Gasteiger partial charge in [-0.25, -0.2) is 4.79 Å². The quantitative estimate of drug-likeness (QED) is 0.804. The maximum atomic E-state index is 12.6. The molecule has 1 N–H and O–H groups in total. The van der Waals surface area contributed by atoms with Crippen LogP contribution >= 0.6 is 0 Å². The highest BCUT2D eigenvalue weighted by molar-refractivity contribution is 5.89. The van der Waals surface area contributed by atoms with E-state index in [0.717, 1.165) is 12.4 Å². The first kappa shape index (κ1) is 14.6. The predicted octanol–water partition coefficient (Wildman–Crippen LogP) is 2.63. The van der Waals surface area contributed by atoms with E-state index in [9.17, 15) is 18.0 Å². The second kappa shape index (κ2) is 5.90. The topological polar surface area (TPSA) is 51.5 Å². The molecular weight excluding hydrogens is 251 g/mol. The number of carbonyl (C=O) groups is 1. The number of aryl methyl sites for hydroxylation is 1. The first-order valence-corrected chi connectivity index (χ1v) is 5.35. The Morgan fingerprint density at radius 2 is 2.06 bits per heavy atom. The second-order valence-corrected chi connectivity index (χ2v) is 3.83. The van der Waals surface area contributed by atoms with Gasteiger partial charge in [-0.3, -0.25) is 0 Å². The van der Waals surface area contributed by atoms with Crippen LogP contribution < -0.4 is 0 Å². The van der Waals surface area contributed by atoms with Crippen LogP contribution in [-0.4, -0.2) is 29.4 Å². The van der Waals surface area contributed by atoms with Gasteiger partial charge in [0.1, 0.15) is 0 Å². The van der Waals surface area contributed by atoms with Crippen molar-refractivity contribution >= 4 is 5.97 Å². The number of unbranched alkanes of at least 4 members (excludes halogenated alkanes) is 1. The van der Waals surface area contributed by atoms with E-state index in [1.807, 2.05) is 0 Å². The van der Waals surface area contributed by atoms with Crippen LogP contribution in [0.2, 0.25) is 0 Å². The van der Waals surface area contributed by atoms with E-state index in [1.54, 1.807) is 7.11 Å². The van der Waals surface area contributed by atoms with Gasteiger partial charge in [0.2, 0.25) is 0 Å². The van der Waals surface area contributed by atoms with Crippen molar-refractivity contribution in [3.05, 3.63) is 23.5 Å². The van der Waals surface area contributed by atoms with Gasteiger partial charge in [-0.15, -0.1) is 0 Å². The van der Waals surface area contributed by atoms with Crippen molar-refractivity contribution in [3.63, 3.8) is 0 Å². The number of methoxy groups -OCH3 is 1. The lowest BCUT2D eigenvalue weighted by Gasteiger charge is -2.04. The molecule has 0 radical (unpaired) electrons. The largest absolute Gasteiger partial charge is 0.478 e. The zero-order chi connectivity index (χ0) is 13.8. The van der Waals surface area contributed by atoms with E-state index in [0.29, 0.717) is 26.0 Å². The Kier molecular flexibility index (Phi) is 4.77. The number of carboxylic acids is 1. The number of nitrogens with zero attached hydrogens (tertiary/aromatic N) is 1. The molecule has 1 heterocycles. The van der Waals surface area contributed by atoms with E-state index in [-0.39, 0.29) is 0 Å². The van der Waals surface area contributed by atoms with Crippen molar-refractivity contribution in [1.29, 1.82) is 0 Å². The summed E-state index contributed by atoms with van der Waals surface area (Å²) in [5.74, 6) is -1.57. The van der Waals surface area contributed by atoms with Crippen LogP contribution in [-0.2, 0) is 17.5 Å². The van der Waals surface area contributed by atoms with Crippen molar-refractivity contribution in [3.8, 4) is 0 Å². The van der Waals surface area contributed by atoms with Crippen LogP contribution in [0.1, 0.15) is 28.8 Å². The van der Waals surface area contributed by atoms with Crippen LogP contribution in [0.4, 0.5) is 13.2 Å². The van der Waals surface area contributed by atoms with Crippen molar-refractivity contribution in [2.45, 2.75) is 25.6 Å². The third-order valence-corrected chi connectivity index (χ3v) is 2.43. The lowest BCUT2D eigenvalue weighted by Crippen LogP contribution is -2.09. The summed E-state index contributed by atoms with van der Waals surface area (Å²) in [6.45, 7) is 0.860. The molecule has 0 aliphatic carbocycles. The molecule has 0 bridgehead atoms. The standard InChI is InChI=1S/C11H14F3NO3/c1-18-5-3-2-4-15-6-8(10(16)17)9(7-15)11(12,13)14/h6-7H,2-5H2,1H3,(H,16,17). The van der Waals surface area contributed by atoms with Gasteiger partial charge < -0.3 is 14.4 Å². The summed E-state index contributed by atoms with van der Waals surface area (Å²) in [7, 11) is 1.54. The average Bonchev–Trinajstić information content (AvgIpc) is 2.68. The number of aromatic carboxylic acids is 1. The first-order valence-electron chi connectivity index (χ1n) is 5.35. The highest BCUT2D eigenvalue weighted by atomic mass is 19.4. The molecule has 0 aromatic carbocycles. The summed E-state index contributed by atoms with van der Waals surface area (Å²) < 4.78 is 43.8. The molecule has 0 aliphatic heterocycles. The van der Waals surface area contributed by atoms with E-state index in [4.69, 9.17) is 9.84 Å². The number of hydrogen-bond acceptors (Lipinski definition) is 2. The lowest BCUT2D eigenvalue weighted by atomic mass is 10.2. The maximum absolute atomic E-state index is 12.6. The molecule has 1 rings (SSSR count). The van der Waals surface area contributed by atoms with Gasteiger partial charge in [0, 0.05) is 32.7 Å². The lowest BCUT2D eigenvalue weighted by molar-refractivity contribution is -0.138. The van der Waals surface area contributed by atoms with Gasteiger partial charge in [-0.05, 0) is 12.8 Å². The molecule has 102 valence electrons. The summed E-state index contributed by atoms with van der Waals surface area (Å²) in [5.41, 5.74) is -1.82. The second-order valence-electron chi connectivity index (χ2n) is 3.83. The number of carboxylic acid groups (broad SMARTS) is 1. The van der Waals surface area contributed by atoms with Crippen molar-refractivity contribution < 1.29 is 27.8 Å². The van der Waals surface area contributed by atoms with Gasteiger partial charge in [0.05, 0.1) is 11.1 Å². The fourth-order valence-electron chi connectivity index (χ4n) is 1.57. The van der Waals surface area contributed by atoms with Crippen molar-refractivity contribution in [1.82, 2.24) is 4.57 Å². The molecule has 1 aromatic heterocycles. The van der Waals surface area contributed by atoms with E-state index < -0.39 is 23.3 Å². The molecule has 0 saturated carbocycles. The van der Waals surface area contributed by atoms with Crippen molar-refractivity contribution in [2.24, 2.45) is 0 Å². The van der Waals surface area contributed by atoms with Crippen LogP contribution in [0.3, 0.4) is 0 Å². The van der Waals surface area contributed by atoms with E-state index in [2.05, 4.69) is 0 Å². The summed E-state index contributed by atoms with van der Waals surface area (Å²) >= 11 is 0. The molecule has 0 unspecified atom stereocenters. The van der Waals surface area contributed by atoms with Gasteiger partial charge in [-0.1, -0.05) is 0 Å². The highest BCUT2D eigenvalue weighted by Gasteiger charge is 2.36. The smallest absolute Gasteiger partial charge is 0.418 e. The minimum absolute atomic E-state index is 0.333. The van der Waals surface area contributed by atoms with Gasteiger partial charge >= 0.3 is 12.1 Å². The molecule has 0 spiro atoms. The molecule has 0 saturated heterocycles. The minimum Gasteiger partial charge on any atom is -0.478 e. The number of halogens is 3. The molecule has 7 heteroatoms. The normalized spacial score (nSPS) is 11.8. The van der Waals surface area contributed by atoms with Crippen LogP contribution in [0.25, 0.3) is 0 Å². The maximum Gasteiger partial charge on any atom is 0.418 e. The molecule has 0 amide bonds. The third kappa shape index (κ3) is 3.76. The zero-order valence-electron chi connectivity index (χ0n) is 9.83. The van der Waals surface area contributed by atoms with Crippen molar-refractivity contribution in [2.75, 3.05) is 13.7 Å². The average molecular weight is 265 g/mol. The summed E-state index contributed by atoms with van der Waals surface area (Å²) in [5, 5.41) is 8.72. The molecule has 0 aliphatic rings. The number of alkyl halides is 3.